The lowest BCUT2D eigenvalue weighted by Crippen LogP contribution is -2.55. The Morgan fingerprint density at radius 2 is 1.44 bits per heavy atom. The summed E-state index contributed by atoms with van der Waals surface area (Å²) in [5.74, 6) is -1.17. The van der Waals surface area contributed by atoms with Gasteiger partial charge in [0.1, 0.15) is 12.6 Å². The van der Waals surface area contributed by atoms with E-state index in [4.69, 9.17) is 0 Å². The zero-order chi connectivity index (χ0) is 32.2. The van der Waals surface area contributed by atoms with Crippen molar-refractivity contribution in [2.45, 2.75) is 77.2 Å². The zero-order valence-corrected chi connectivity index (χ0v) is 26.0. The molecule has 1 atom stereocenters. The van der Waals surface area contributed by atoms with Crippen molar-refractivity contribution < 1.29 is 31.2 Å². The minimum Gasteiger partial charge on any atom is -0.350 e. The average molecular weight is 618 g/mol. The van der Waals surface area contributed by atoms with Gasteiger partial charge in [0.2, 0.25) is 11.8 Å². The van der Waals surface area contributed by atoms with Crippen LogP contribution in [0.5, 0.6) is 0 Å². The van der Waals surface area contributed by atoms with Gasteiger partial charge in [0.05, 0.1) is 16.1 Å². The molecule has 0 aliphatic carbocycles. The van der Waals surface area contributed by atoms with Gasteiger partial charge in [-0.1, -0.05) is 60.5 Å². The third-order valence-electron chi connectivity index (χ3n) is 6.71. The first-order chi connectivity index (χ1) is 19.9. The van der Waals surface area contributed by atoms with Gasteiger partial charge in [-0.05, 0) is 76.9 Å². The van der Waals surface area contributed by atoms with Crippen molar-refractivity contribution in [2.75, 3.05) is 10.8 Å². The van der Waals surface area contributed by atoms with Crippen molar-refractivity contribution >= 4 is 27.5 Å². The molecule has 3 aromatic carbocycles. The number of carbonyl (C=O) groups is 2. The maximum Gasteiger partial charge on any atom is 0.416 e. The van der Waals surface area contributed by atoms with E-state index < -0.39 is 51.7 Å². The molecule has 232 valence electrons. The molecule has 0 fully saturated rings. The third kappa shape index (κ3) is 8.82. The molecule has 7 nitrogen and oxygen atoms in total. The standard InChI is InChI=1S/C32H38F3N3O4S/c1-7-28(30(40)36-31(4,5)6)37(20-24-15-11-22(2)12-16-24)29(39)21-38(26-10-8-9-25(19-26)32(33,34)35)43(41,42)27-17-13-23(3)14-18-27/h8-19,28H,7,20-21H2,1-6H3,(H,36,40)/t28-/m0/s1. The van der Waals surface area contributed by atoms with E-state index in [1.165, 1.54) is 23.1 Å². The summed E-state index contributed by atoms with van der Waals surface area (Å²) in [6.45, 7) is 9.95. The van der Waals surface area contributed by atoms with Crippen LogP contribution < -0.4 is 9.62 Å². The Bertz CT molecular complexity index is 1530. The lowest BCUT2D eigenvalue weighted by atomic mass is 10.1. The lowest BCUT2D eigenvalue weighted by Gasteiger charge is -2.35. The molecule has 0 spiro atoms. The second-order valence-corrected chi connectivity index (χ2v) is 13.4. The number of alkyl halides is 3. The minimum absolute atomic E-state index is 0.0177. The summed E-state index contributed by atoms with van der Waals surface area (Å²) in [5, 5.41) is 2.88. The normalized spacial score (nSPS) is 12.9. The molecule has 3 aromatic rings. The van der Waals surface area contributed by atoms with Crippen molar-refractivity contribution in [1.82, 2.24) is 10.2 Å². The first-order valence-electron chi connectivity index (χ1n) is 13.9. The summed E-state index contributed by atoms with van der Waals surface area (Å²) in [4.78, 5) is 28.6. The summed E-state index contributed by atoms with van der Waals surface area (Å²) < 4.78 is 69.4. The van der Waals surface area contributed by atoms with Crippen LogP contribution in [0.3, 0.4) is 0 Å². The minimum atomic E-state index is -4.74. The molecule has 43 heavy (non-hydrogen) atoms. The molecule has 0 bridgehead atoms. The molecule has 0 aromatic heterocycles. The van der Waals surface area contributed by atoms with E-state index in [9.17, 15) is 31.2 Å². The Balaban J connectivity index is 2.13. The fourth-order valence-corrected chi connectivity index (χ4v) is 5.87. The molecule has 0 aliphatic heterocycles. The number of hydrogen-bond donors (Lipinski definition) is 1. The number of hydrogen-bond acceptors (Lipinski definition) is 4. The molecular weight excluding hydrogens is 579 g/mol. The van der Waals surface area contributed by atoms with E-state index >= 15 is 0 Å². The van der Waals surface area contributed by atoms with E-state index in [-0.39, 0.29) is 23.5 Å². The van der Waals surface area contributed by atoms with Crippen molar-refractivity contribution in [1.29, 1.82) is 0 Å². The number of halogens is 3. The van der Waals surface area contributed by atoms with Crippen LogP contribution in [0.4, 0.5) is 18.9 Å². The number of nitrogens with one attached hydrogen (secondary N) is 1. The Morgan fingerprint density at radius 1 is 0.884 bits per heavy atom. The fraction of sp³-hybridized carbons (Fsp3) is 0.375. The van der Waals surface area contributed by atoms with E-state index in [1.807, 2.05) is 19.1 Å². The Kier molecular flexibility index (Phi) is 10.3. The number of rotatable bonds is 10. The van der Waals surface area contributed by atoms with Crippen LogP contribution in [0, 0.1) is 13.8 Å². The first kappa shape index (κ1) is 33.6. The van der Waals surface area contributed by atoms with E-state index in [1.54, 1.807) is 58.9 Å². The molecule has 0 aliphatic rings. The van der Waals surface area contributed by atoms with Gasteiger partial charge in [-0.25, -0.2) is 8.42 Å². The predicted octanol–water partition coefficient (Wildman–Crippen LogP) is 6.24. The number of aryl methyl sites for hydroxylation is 2. The maximum atomic E-state index is 14.1. The van der Waals surface area contributed by atoms with E-state index in [0.717, 1.165) is 23.3 Å². The molecule has 11 heteroatoms. The van der Waals surface area contributed by atoms with E-state index in [2.05, 4.69) is 5.32 Å². The van der Waals surface area contributed by atoms with Crippen molar-refractivity contribution in [3.63, 3.8) is 0 Å². The maximum absolute atomic E-state index is 14.1. The SMILES string of the molecule is CC[C@@H](C(=O)NC(C)(C)C)N(Cc1ccc(C)cc1)C(=O)CN(c1cccc(C(F)(F)F)c1)S(=O)(=O)c1ccc(C)cc1. The number of sulfonamides is 1. The summed E-state index contributed by atoms with van der Waals surface area (Å²) in [6.07, 6.45) is -4.52. The predicted molar refractivity (Wildman–Crippen MR) is 161 cm³/mol. The number of carbonyl (C=O) groups excluding carboxylic acids is 2. The van der Waals surface area contributed by atoms with Gasteiger partial charge in [-0.15, -0.1) is 0 Å². The Hall–Kier alpha value is -3.86. The van der Waals surface area contributed by atoms with Crippen molar-refractivity contribution in [2.24, 2.45) is 0 Å². The Morgan fingerprint density at radius 3 is 1.95 bits per heavy atom. The van der Waals surface area contributed by atoms with Crippen LogP contribution in [0.2, 0.25) is 0 Å². The van der Waals surface area contributed by atoms with E-state index in [0.29, 0.717) is 15.9 Å². The molecule has 3 rings (SSSR count). The summed E-state index contributed by atoms with van der Waals surface area (Å²) in [7, 11) is -4.50. The molecular formula is C32H38F3N3O4S. The van der Waals surface area contributed by atoms with Crippen LogP contribution in [0.1, 0.15) is 56.4 Å². The number of anilines is 1. The van der Waals surface area contributed by atoms with Crippen LogP contribution in [0.25, 0.3) is 0 Å². The van der Waals surface area contributed by atoms with Crippen LogP contribution in [-0.4, -0.2) is 43.3 Å². The van der Waals surface area contributed by atoms with Gasteiger partial charge in [-0.3, -0.25) is 13.9 Å². The molecule has 0 saturated carbocycles. The highest BCUT2D eigenvalue weighted by Crippen LogP contribution is 2.33. The number of nitrogens with zero attached hydrogens (tertiary/aromatic N) is 2. The molecule has 1 N–H and O–H groups in total. The third-order valence-corrected chi connectivity index (χ3v) is 8.50. The zero-order valence-electron chi connectivity index (χ0n) is 25.2. The quantitative estimate of drug-likeness (QED) is 0.292. The van der Waals surface area contributed by atoms with Crippen LogP contribution >= 0.6 is 0 Å². The van der Waals surface area contributed by atoms with Crippen LogP contribution in [0.15, 0.2) is 77.7 Å². The van der Waals surface area contributed by atoms with Gasteiger partial charge in [0, 0.05) is 12.1 Å². The highest BCUT2D eigenvalue weighted by Gasteiger charge is 2.36. The van der Waals surface area contributed by atoms with Crippen molar-refractivity contribution in [3.05, 3.63) is 95.1 Å². The van der Waals surface area contributed by atoms with Crippen molar-refractivity contribution in [3.8, 4) is 0 Å². The highest BCUT2D eigenvalue weighted by molar-refractivity contribution is 7.92. The lowest BCUT2D eigenvalue weighted by molar-refractivity contribution is -0.141. The molecule has 0 saturated heterocycles. The Labute approximate surface area is 251 Å². The summed E-state index contributed by atoms with van der Waals surface area (Å²) in [6, 6.07) is 16.0. The smallest absolute Gasteiger partial charge is 0.350 e. The second-order valence-electron chi connectivity index (χ2n) is 11.5. The van der Waals surface area contributed by atoms with Gasteiger partial charge in [0.25, 0.3) is 10.0 Å². The van der Waals surface area contributed by atoms with Gasteiger partial charge < -0.3 is 10.2 Å². The molecule has 0 heterocycles. The van der Waals surface area contributed by atoms with Crippen LogP contribution in [-0.2, 0) is 32.3 Å². The highest BCUT2D eigenvalue weighted by atomic mass is 32.2. The largest absolute Gasteiger partial charge is 0.416 e. The molecule has 2 amide bonds. The van der Waals surface area contributed by atoms with Gasteiger partial charge >= 0.3 is 6.18 Å². The first-order valence-corrected chi connectivity index (χ1v) is 15.3. The molecule has 0 radical (unpaired) electrons. The summed E-state index contributed by atoms with van der Waals surface area (Å²) in [5.41, 5.74) is 0.468. The molecule has 0 unspecified atom stereocenters. The topological polar surface area (TPSA) is 86.8 Å². The second kappa shape index (κ2) is 13.2. The average Bonchev–Trinajstić information content (AvgIpc) is 2.91. The van der Waals surface area contributed by atoms with Gasteiger partial charge in [-0.2, -0.15) is 13.2 Å². The fourth-order valence-electron chi connectivity index (χ4n) is 4.47. The number of benzene rings is 3. The number of amides is 2. The van der Waals surface area contributed by atoms with Gasteiger partial charge in [0.15, 0.2) is 0 Å². The summed E-state index contributed by atoms with van der Waals surface area (Å²) >= 11 is 0. The monoisotopic (exact) mass is 617 g/mol.